The van der Waals surface area contributed by atoms with Gasteiger partial charge in [-0.05, 0) is 46.1 Å². The molecule has 1 amide bonds. The van der Waals surface area contributed by atoms with Gasteiger partial charge in [0.1, 0.15) is 0 Å². The number of rotatable bonds is 4. The fourth-order valence-corrected chi connectivity index (χ4v) is 3.40. The number of nitrogens with zero attached hydrogens (tertiary/aromatic N) is 2. The summed E-state index contributed by atoms with van der Waals surface area (Å²) in [6, 6.07) is 0.242. The van der Waals surface area contributed by atoms with Crippen LogP contribution in [0.5, 0.6) is 0 Å². The minimum Gasteiger partial charge on any atom is -0.481 e. The molecule has 0 radical (unpaired) electrons. The van der Waals surface area contributed by atoms with Crippen LogP contribution in [-0.4, -0.2) is 58.0 Å². The minimum atomic E-state index is -0.808. The number of amides is 1. The normalized spacial score (nSPS) is 28.3. The average molecular weight is 268 g/mol. The molecule has 0 aliphatic carbocycles. The van der Waals surface area contributed by atoms with Crippen molar-refractivity contribution in [1.29, 1.82) is 0 Å². The van der Waals surface area contributed by atoms with Crippen LogP contribution in [0.1, 0.15) is 46.0 Å². The fraction of sp³-hybridized carbons (Fsp3) is 0.857. The molecule has 5 nitrogen and oxygen atoms in total. The second-order valence-corrected chi connectivity index (χ2v) is 5.92. The summed E-state index contributed by atoms with van der Waals surface area (Å²) in [7, 11) is 0. The number of carboxylic acid groups (broad SMARTS) is 1. The predicted octanol–water partition coefficient (Wildman–Crippen LogP) is 1.32. The van der Waals surface area contributed by atoms with Gasteiger partial charge in [-0.2, -0.15) is 0 Å². The van der Waals surface area contributed by atoms with Gasteiger partial charge in [0.2, 0.25) is 5.91 Å². The van der Waals surface area contributed by atoms with Crippen molar-refractivity contribution in [2.45, 2.75) is 64.1 Å². The van der Waals surface area contributed by atoms with E-state index >= 15 is 0 Å². The third kappa shape index (κ3) is 3.08. The summed E-state index contributed by atoms with van der Waals surface area (Å²) in [5.41, 5.74) is 0. The Bertz CT molecular complexity index is 357. The first kappa shape index (κ1) is 14.3. The topological polar surface area (TPSA) is 60.9 Å². The standard InChI is InChI=1S/C14H24N2O3/c1-10(2)15-7-4-6-12(15)14(19)16-8-3-5-11(16)9-13(17)18/h10-12H,3-9H2,1-2H3,(H,17,18)/t11-,12-/m0/s1. The molecule has 2 aliphatic heterocycles. The summed E-state index contributed by atoms with van der Waals surface area (Å²) >= 11 is 0. The lowest BCUT2D eigenvalue weighted by Gasteiger charge is -2.32. The summed E-state index contributed by atoms with van der Waals surface area (Å²) < 4.78 is 0. The minimum absolute atomic E-state index is 0.0330. The number of likely N-dealkylation sites (tertiary alicyclic amines) is 2. The highest BCUT2D eigenvalue weighted by Crippen LogP contribution is 2.27. The number of carboxylic acids is 1. The molecule has 2 atom stereocenters. The summed E-state index contributed by atoms with van der Waals surface area (Å²) in [4.78, 5) is 27.6. The number of carbonyl (C=O) groups excluding carboxylic acids is 1. The molecule has 108 valence electrons. The Morgan fingerprint density at radius 2 is 1.89 bits per heavy atom. The number of hydrogen-bond donors (Lipinski definition) is 1. The molecule has 0 unspecified atom stereocenters. The number of hydrogen-bond acceptors (Lipinski definition) is 3. The lowest BCUT2D eigenvalue weighted by Crippen LogP contribution is -2.49. The average Bonchev–Trinajstić information content (AvgIpc) is 2.94. The van der Waals surface area contributed by atoms with Crippen LogP contribution in [0.2, 0.25) is 0 Å². The fourth-order valence-electron chi connectivity index (χ4n) is 3.40. The maximum atomic E-state index is 12.6. The van der Waals surface area contributed by atoms with Crippen LogP contribution >= 0.6 is 0 Å². The predicted molar refractivity (Wildman–Crippen MR) is 71.9 cm³/mol. The van der Waals surface area contributed by atoms with E-state index in [2.05, 4.69) is 18.7 Å². The zero-order chi connectivity index (χ0) is 14.0. The van der Waals surface area contributed by atoms with Gasteiger partial charge in [-0.3, -0.25) is 14.5 Å². The van der Waals surface area contributed by atoms with E-state index in [-0.39, 0.29) is 24.4 Å². The second-order valence-electron chi connectivity index (χ2n) is 5.92. The highest BCUT2D eigenvalue weighted by molar-refractivity contribution is 5.83. The molecule has 0 spiro atoms. The molecular formula is C14H24N2O3. The van der Waals surface area contributed by atoms with Gasteiger partial charge >= 0.3 is 5.97 Å². The van der Waals surface area contributed by atoms with E-state index in [9.17, 15) is 9.59 Å². The molecule has 19 heavy (non-hydrogen) atoms. The van der Waals surface area contributed by atoms with Crippen LogP contribution in [0.4, 0.5) is 0 Å². The monoisotopic (exact) mass is 268 g/mol. The summed E-state index contributed by atoms with van der Waals surface area (Å²) in [5, 5.41) is 8.93. The Hall–Kier alpha value is -1.10. The third-order valence-electron chi connectivity index (χ3n) is 4.31. The quantitative estimate of drug-likeness (QED) is 0.835. The van der Waals surface area contributed by atoms with E-state index in [1.807, 2.05) is 4.90 Å². The zero-order valence-corrected chi connectivity index (χ0v) is 11.8. The van der Waals surface area contributed by atoms with Gasteiger partial charge < -0.3 is 10.0 Å². The van der Waals surface area contributed by atoms with Crippen LogP contribution in [0.25, 0.3) is 0 Å². The zero-order valence-electron chi connectivity index (χ0n) is 11.8. The Labute approximate surface area is 114 Å². The Balaban J connectivity index is 2.03. The Morgan fingerprint density at radius 1 is 1.21 bits per heavy atom. The Kier molecular flexibility index (Phi) is 4.45. The van der Waals surface area contributed by atoms with E-state index in [0.717, 1.165) is 38.8 Å². The molecule has 2 rings (SSSR count). The van der Waals surface area contributed by atoms with Crippen LogP contribution in [-0.2, 0) is 9.59 Å². The highest BCUT2D eigenvalue weighted by atomic mass is 16.4. The lowest BCUT2D eigenvalue weighted by molar-refractivity contribution is -0.141. The molecule has 0 aromatic heterocycles. The maximum absolute atomic E-state index is 12.6. The molecule has 2 fully saturated rings. The summed E-state index contributed by atoms with van der Waals surface area (Å²) in [6.07, 6.45) is 3.81. The summed E-state index contributed by atoms with van der Waals surface area (Å²) in [6.45, 7) is 5.93. The van der Waals surface area contributed by atoms with E-state index in [1.165, 1.54) is 0 Å². The van der Waals surface area contributed by atoms with Crippen molar-refractivity contribution in [1.82, 2.24) is 9.80 Å². The molecule has 1 N–H and O–H groups in total. The van der Waals surface area contributed by atoms with Gasteiger partial charge in [-0.25, -0.2) is 0 Å². The van der Waals surface area contributed by atoms with Gasteiger partial charge in [-0.1, -0.05) is 0 Å². The number of aliphatic carboxylic acids is 1. The SMILES string of the molecule is CC(C)N1CCC[C@H]1C(=O)N1CCC[C@H]1CC(=O)O. The van der Waals surface area contributed by atoms with Gasteiger partial charge in [0, 0.05) is 18.6 Å². The van der Waals surface area contributed by atoms with Gasteiger partial charge in [0.05, 0.1) is 12.5 Å². The molecule has 0 aromatic carbocycles. The first-order valence-corrected chi connectivity index (χ1v) is 7.28. The van der Waals surface area contributed by atoms with Crippen molar-refractivity contribution < 1.29 is 14.7 Å². The van der Waals surface area contributed by atoms with Crippen LogP contribution < -0.4 is 0 Å². The maximum Gasteiger partial charge on any atom is 0.305 e. The van der Waals surface area contributed by atoms with Crippen LogP contribution in [0.3, 0.4) is 0 Å². The third-order valence-corrected chi connectivity index (χ3v) is 4.31. The highest BCUT2D eigenvalue weighted by Gasteiger charge is 2.39. The number of carbonyl (C=O) groups is 2. The Morgan fingerprint density at radius 3 is 2.53 bits per heavy atom. The van der Waals surface area contributed by atoms with Gasteiger partial charge in [0.25, 0.3) is 0 Å². The first-order chi connectivity index (χ1) is 9.00. The van der Waals surface area contributed by atoms with Crippen LogP contribution in [0.15, 0.2) is 0 Å². The van der Waals surface area contributed by atoms with E-state index < -0.39 is 5.97 Å². The molecular weight excluding hydrogens is 244 g/mol. The first-order valence-electron chi connectivity index (χ1n) is 7.28. The molecule has 2 aliphatic rings. The van der Waals surface area contributed by atoms with Crippen molar-refractivity contribution in [3.63, 3.8) is 0 Å². The van der Waals surface area contributed by atoms with Gasteiger partial charge in [-0.15, -0.1) is 0 Å². The van der Waals surface area contributed by atoms with Crippen molar-refractivity contribution in [3.8, 4) is 0 Å². The van der Waals surface area contributed by atoms with Crippen molar-refractivity contribution in [2.24, 2.45) is 0 Å². The summed E-state index contributed by atoms with van der Waals surface area (Å²) in [5.74, 6) is -0.660. The second kappa shape index (κ2) is 5.90. The van der Waals surface area contributed by atoms with E-state index in [0.29, 0.717) is 6.04 Å². The van der Waals surface area contributed by atoms with Gasteiger partial charge in [0.15, 0.2) is 0 Å². The van der Waals surface area contributed by atoms with Crippen LogP contribution in [0, 0.1) is 0 Å². The molecule has 0 bridgehead atoms. The van der Waals surface area contributed by atoms with Crippen molar-refractivity contribution >= 4 is 11.9 Å². The smallest absolute Gasteiger partial charge is 0.305 e. The lowest BCUT2D eigenvalue weighted by atomic mass is 10.1. The molecule has 0 saturated carbocycles. The van der Waals surface area contributed by atoms with Crippen molar-refractivity contribution in [2.75, 3.05) is 13.1 Å². The van der Waals surface area contributed by atoms with E-state index in [1.54, 1.807) is 0 Å². The van der Waals surface area contributed by atoms with E-state index in [4.69, 9.17) is 5.11 Å². The molecule has 2 heterocycles. The molecule has 0 aromatic rings. The van der Waals surface area contributed by atoms with Crippen molar-refractivity contribution in [3.05, 3.63) is 0 Å². The largest absolute Gasteiger partial charge is 0.481 e. The molecule has 5 heteroatoms. The molecule has 2 saturated heterocycles.